The maximum Gasteiger partial charge on any atom is 0.267 e. The summed E-state index contributed by atoms with van der Waals surface area (Å²) in [6.07, 6.45) is 6.84. The van der Waals surface area contributed by atoms with Gasteiger partial charge in [0.1, 0.15) is 6.10 Å². The molecule has 1 aliphatic heterocycles. The van der Waals surface area contributed by atoms with E-state index in [0.717, 1.165) is 49.0 Å². The fourth-order valence-corrected chi connectivity index (χ4v) is 4.88. The van der Waals surface area contributed by atoms with Crippen LogP contribution in [-0.4, -0.2) is 38.9 Å². The third-order valence-corrected chi connectivity index (χ3v) is 6.90. The summed E-state index contributed by atoms with van der Waals surface area (Å²) in [7, 11) is 0. The van der Waals surface area contributed by atoms with Crippen LogP contribution in [0.3, 0.4) is 0 Å². The summed E-state index contributed by atoms with van der Waals surface area (Å²) in [5.41, 5.74) is 3.51. The van der Waals surface area contributed by atoms with E-state index >= 15 is 0 Å². The lowest BCUT2D eigenvalue weighted by Gasteiger charge is -2.30. The highest BCUT2D eigenvalue weighted by Gasteiger charge is 2.24. The Bertz CT molecular complexity index is 1490. The molecule has 0 amide bonds. The van der Waals surface area contributed by atoms with Crippen LogP contribution >= 0.6 is 0 Å². The van der Waals surface area contributed by atoms with E-state index in [4.69, 9.17) is 4.74 Å². The van der Waals surface area contributed by atoms with Crippen LogP contribution in [0.2, 0.25) is 0 Å². The molecule has 5 rings (SSSR count). The van der Waals surface area contributed by atoms with Crippen molar-refractivity contribution < 1.29 is 4.74 Å². The summed E-state index contributed by atoms with van der Waals surface area (Å²) in [5, 5.41) is 17.1. The van der Waals surface area contributed by atoms with Gasteiger partial charge in [-0.2, -0.15) is 10.4 Å². The van der Waals surface area contributed by atoms with Crippen LogP contribution in [0, 0.1) is 17.2 Å². The molecule has 3 heterocycles. The summed E-state index contributed by atoms with van der Waals surface area (Å²) < 4.78 is 7.68. The summed E-state index contributed by atoms with van der Waals surface area (Å²) in [4.78, 5) is 21.7. The Morgan fingerprint density at radius 1 is 1.05 bits per heavy atom. The van der Waals surface area contributed by atoms with Crippen LogP contribution in [0.1, 0.15) is 37.3 Å². The fraction of sp³-hybridized carbons (Fsp3) is 0.300. The molecule has 2 aromatic carbocycles. The molecule has 1 N–H and O–H groups in total. The van der Waals surface area contributed by atoms with Crippen molar-refractivity contribution in [3.05, 3.63) is 94.5 Å². The normalized spacial score (nSPS) is 14.5. The van der Waals surface area contributed by atoms with Gasteiger partial charge in [-0.25, -0.2) is 14.6 Å². The predicted octanol–water partition coefficient (Wildman–Crippen LogP) is 4.44. The molecule has 38 heavy (non-hydrogen) atoms. The Morgan fingerprint density at radius 2 is 1.82 bits per heavy atom. The number of ether oxygens (including phenoxy) is 1. The van der Waals surface area contributed by atoms with E-state index in [1.165, 1.54) is 10.7 Å². The number of piperidine rings is 1. The van der Waals surface area contributed by atoms with Crippen LogP contribution < -0.4 is 15.6 Å². The SMILES string of the molecule is CCC(Oc1cnc(-c2cccc(Cn3nc(-c4cccc(C#N)c4)ccc3=O)c2)nc1)C1CCNCC1. The van der Waals surface area contributed by atoms with Gasteiger partial charge in [-0.1, -0.05) is 37.3 Å². The first-order valence-electron chi connectivity index (χ1n) is 13.0. The quantitative estimate of drug-likeness (QED) is 0.376. The molecule has 1 unspecified atom stereocenters. The second-order valence-corrected chi connectivity index (χ2v) is 9.50. The minimum Gasteiger partial charge on any atom is -0.487 e. The Balaban J connectivity index is 1.31. The van der Waals surface area contributed by atoms with Crippen LogP contribution in [0.25, 0.3) is 22.6 Å². The molecular weight excluding hydrogens is 476 g/mol. The second kappa shape index (κ2) is 11.8. The molecular formula is C30H30N6O2. The van der Waals surface area contributed by atoms with Crippen LogP contribution in [0.4, 0.5) is 0 Å². The zero-order valence-electron chi connectivity index (χ0n) is 21.4. The molecule has 0 spiro atoms. The molecule has 4 aromatic rings. The maximum absolute atomic E-state index is 12.6. The number of nitriles is 1. The fourth-order valence-electron chi connectivity index (χ4n) is 4.88. The standard InChI is InChI=1S/C30H30N6O2/c1-2-28(23-11-13-32-14-12-23)38-26-18-33-30(34-19-26)25-8-4-6-22(16-25)20-36-29(37)10-9-27(35-36)24-7-3-5-21(15-24)17-31/h3-10,15-16,18-19,23,28,32H,2,11-14,20H2,1H3. The van der Waals surface area contributed by atoms with E-state index in [9.17, 15) is 10.1 Å². The van der Waals surface area contributed by atoms with Crippen molar-refractivity contribution in [1.29, 1.82) is 5.26 Å². The van der Waals surface area contributed by atoms with Gasteiger partial charge in [0, 0.05) is 17.2 Å². The van der Waals surface area contributed by atoms with Gasteiger partial charge in [0.05, 0.1) is 36.3 Å². The smallest absolute Gasteiger partial charge is 0.267 e. The second-order valence-electron chi connectivity index (χ2n) is 9.50. The Labute approximate surface area is 222 Å². The minimum atomic E-state index is -0.201. The van der Waals surface area contributed by atoms with Gasteiger partial charge in [-0.15, -0.1) is 0 Å². The van der Waals surface area contributed by atoms with Crippen molar-refractivity contribution in [3.63, 3.8) is 0 Å². The maximum atomic E-state index is 12.6. The van der Waals surface area contributed by atoms with E-state index in [0.29, 0.717) is 35.3 Å². The summed E-state index contributed by atoms with van der Waals surface area (Å²) in [6.45, 7) is 4.54. The summed E-state index contributed by atoms with van der Waals surface area (Å²) >= 11 is 0. The topological polar surface area (TPSA) is 106 Å². The zero-order chi connectivity index (χ0) is 26.3. The van der Waals surface area contributed by atoms with Crippen molar-refractivity contribution in [2.24, 2.45) is 5.92 Å². The van der Waals surface area contributed by atoms with Crippen molar-refractivity contribution >= 4 is 0 Å². The average molecular weight is 507 g/mol. The van der Waals surface area contributed by atoms with Gasteiger partial charge in [0.25, 0.3) is 5.56 Å². The molecule has 1 fully saturated rings. The van der Waals surface area contributed by atoms with E-state index in [-0.39, 0.29) is 11.7 Å². The van der Waals surface area contributed by atoms with Gasteiger partial charge in [-0.3, -0.25) is 4.79 Å². The zero-order valence-corrected chi connectivity index (χ0v) is 21.4. The van der Waals surface area contributed by atoms with Crippen molar-refractivity contribution in [1.82, 2.24) is 25.1 Å². The lowest BCUT2D eigenvalue weighted by molar-refractivity contribution is 0.107. The number of rotatable bonds is 8. The van der Waals surface area contributed by atoms with Crippen molar-refractivity contribution in [2.45, 2.75) is 38.8 Å². The monoisotopic (exact) mass is 506 g/mol. The molecule has 2 aromatic heterocycles. The lowest BCUT2D eigenvalue weighted by Crippen LogP contribution is -2.36. The molecule has 0 radical (unpaired) electrons. The first kappa shape index (κ1) is 25.3. The molecule has 0 aliphatic carbocycles. The summed E-state index contributed by atoms with van der Waals surface area (Å²) in [5.74, 6) is 1.82. The van der Waals surface area contributed by atoms with Crippen molar-refractivity contribution in [3.8, 4) is 34.5 Å². The van der Waals surface area contributed by atoms with E-state index in [1.807, 2.05) is 30.3 Å². The van der Waals surface area contributed by atoms with Gasteiger partial charge < -0.3 is 10.1 Å². The number of aromatic nitrogens is 4. The Morgan fingerprint density at radius 3 is 2.58 bits per heavy atom. The number of benzene rings is 2. The van der Waals surface area contributed by atoms with Crippen molar-refractivity contribution in [2.75, 3.05) is 13.1 Å². The Hall–Kier alpha value is -4.35. The van der Waals surface area contributed by atoms with Crippen LogP contribution in [0.5, 0.6) is 5.75 Å². The van der Waals surface area contributed by atoms with Crippen LogP contribution in [0.15, 0.2) is 77.9 Å². The first-order valence-corrected chi connectivity index (χ1v) is 13.0. The molecule has 1 aliphatic rings. The molecule has 8 nitrogen and oxygen atoms in total. The number of nitrogens with zero attached hydrogens (tertiary/aromatic N) is 5. The summed E-state index contributed by atoms with van der Waals surface area (Å²) in [6, 6.07) is 20.3. The average Bonchev–Trinajstić information content (AvgIpc) is 2.98. The third-order valence-electron chi connectivity index (χ3n) is 6.90. The number of hydrogen-bond acceptors (Lipinski definition) is 7. The van der Waals surface area contributed by atoms with E-state index < -0.39 is 0 Å². The number of nitrogens with one attached hydrogen (secondary N) is 1. The highest BCUT2D eigenvalue weighted by atomic mass is 16.5. The molecule has 0 bridgehead atoms. The van der Waals surface area contributed by atoms with Gasteiger partial charge in [0.15, 0.2) is 11.6 Å². The largest absolute Gasteiger partial charge is 0.487 e. The molecule has 1 saturated heterocycles. The van der Waals surface area contributed by atoms with Gasteiger partial charge in [-0.05, 0) is 68.1 Å². The first-order chi connectivity index (χ1) is 18.6. The van der Waals surface area contributed by atoms with E-state index in [2.05, 4.69) is 33.4 Å². The highest BCUT2D eigenvalue weighted by molar-refractivity contribution is 5.60. The molecule has 8 heteroatoms. The van der Waals surface area contributed by atoms with Gasteiger partial charge in [0.2, 0.25) is 0 Å². The molecule has 0 saturated carbocycles. The highest BCUT2D eigenvalue weighted by Crippen LogP contribution is 2.25. The van der Waals surface area contributed by atoms with E-state index in [1.54, 1.807) is 36.7 Å². The predicted molar refractivity (Wildman–Crippen MR) is 146 cm³/mol. The Kier molecular flexibility index (Phi) is 7.86. The minimum absolute atomic E-state index is 0.166. The third kappa shape index (κ3) is 5.96. The molecule has 1 atom stereocenters. The lowest BCUT2D eigenvalue weighted by atomic mass is 9.91. The number of hydrogen-bond donors (Lipinski definition) is 1. The van der Waals surface area contributed by atoms with Gasteiger partial charge >= 0.3 is 0 Å². The van der Waals surface area contributed by atoms with Crippen LogP contribution in [-0.2, 0) is 6.54 Å². The molecule has 192 valence electrons.